The normalized spacial score (nSPS) is 23.6. The summed E-state index contributed by atoms with van der Waals surface area (Å²) in [5, 5.41) is 24.9. The highest BCUT2D eigenvalue weighted by atomic mass is 16.7. The van der Waals surface area contributed by atoms with Crippen molar-refractivity contribution in [3.63, 3.8) is 0 Å². The first-order valence-corrected chi connectivity index (χ1v) is 22.2. The minimum atomic E-state index is -1.34. The van der Waals surface area contributed by atoms with E-state index in [0.29, 0.717) is 56.1 Å². The van der Waals surface area contributed by atoms with Gasteiger partial charge in [0, 0.05) is 43.4 Å². The van der Waals surface area contributed by atoms with Gasteiger partial charge in [0.2, 0.25) is 11.7 Å². The van der Waals surface area contributed by atoms with Crippen LogP contribution in [0.4, 0.5) is 0 Å². The van der Waals surface area contributed by atoms with Crippen LogP contribution < -0.4 is 14.2 Å². The number of aliphatic hydroxyl groups is 2. The highest BCUT2D eigenvalue weighted by Gasteiger charge is 2.65. The molecule has 330 valence electrons. The number of hydrogen-bond acceptors (Lipinski definition) is 10. The lowest BCUT2D eigenvalue weighted by molar-refractivity contribution is -0.257. The molecule has 2 aromatic carbocycles. The topological polar surface area (TPSA) is 132 Å². The number of unbranched alkanes of at least 4 members (excludes halogenated alkanes) is 2. The van der Waals surface area contributed by atoms with Crippen molar-refractivity contribution in [2.24, 2.45) is 22.9 Å². The van der Waals surface area contributed by atoms with Crippen LogP contribution in [0.15, 0.2) is 90.1 Å². The molecule has 0 saturated heterocycles. The molecular formula is C50H67N3O8. The molecule has 0 radical (unpaired) electrons. The van der Waals surface area contributed by atoms with Crippen LogP contribution in [0.3, 0.4) is 0 Å². The summed E-state index contributed by atoms with van der Waals surface area (Å²) in [6.07, 6.45) is 10.1. The Kier molecular flexibility index (Phi) is 15.7. The third-order valence-corrected chi connectivity index (χ3v) is 12.1. The van der Waals surface area contributed by atoms with E-state index in [1.807, 2.05) is 87.2 Å². The second-order valence-electron chi connectivity index (χ2n) is 17.7. The monoisotopic (exact) mass is 837 g/mol. The fourth-order valence-corrected chi connectivity index (χ4v) is 9.52. The van der Waals surface area contributed by atoms with Gasteiger partial charge < -0.3 is 38.9 Å². The van der Waals surface area contributed by atoms with Gasteiger partial charge in [-0.1, -0.05) is 55.3 Å². The van der Waals surface area contributed by atoms with Crippen molar-refractivity contribution in [1.82, 2.24) is 9.88 Å². The molecule has 1 amide bonds. The Morgan fingerprint density at radius 1 is 1.03 bits per heavy atom. The van der Waals surface area contributed by atoms with Gasteiger partial charge >= 0.3 is 0 Å². The molecule has 1 fully saturated rings. The number of nitrogens with zero attached hydrogens (tertiary/aromatic N) is 3. The highest BCUT2D eigenvalue weighted by Crippen LogP contribution is 2.62. The highest BCUT2D eigenvalue weighted by molar-refractivity contribution is 6.03. The SMILES string of the molecule is C=CCOC12Oc3ccc(OCc4cccc(C)n4)cc3C3C(CCCCO)C(CCCCO)C=C(C(=NOC(C)(C)C)CC1N(CCC)C(=O)Cc1cccc(OC)c1)C32. The average Bonchev–Trinajstić information content (AvgIpc) is 3.24. The molecule has 6 atom stereocenters. The predicted molar refractivity (Wildman–Crippen MR) is 238 cm³/mol. The maximum atomic E-state index is 14.9. The van der Waals surface area contributed by atoms with E-state index in [2.05, 4.69) is 30.6 Å². The van der Waals surface area contributed by atoms with Gasteiger partial charge in [-0.15, -0.1) is 6.58 Å². The van der Waals surface area contributed by atoms with E-state index < -0.39 is 23.3 Å². The van der Waals surface area contributed by atoms with Gasteiger partial charge in [-0.3, -0.25) is 9.78 Å². The Labute approximate surface area is 362 Å². The number of aliphatic hydroxyl groups excluding tert-OH is 2. The van der Waals surface area contributed by atoms with Crippen molar-refractivity contribution >= 4 is 11.6 Å². The zero-order valence-corrected chi connectivity index (χ0v) is 37.1. The smallest absolute Gasteiger partial charge is 0.239 e. The molecule has 6 unspecified atom stereocenters. The van der Waals surface area contributed by atoms with Gasteiger partial charge in [0.25, 0.3) is 0 Å². The van der Waals surface area contributed by atoms with E-state index >= 15 is 0 Å². The quantitative estimate of drug-likeness (QED) is 0.0614. The number of amides is 1. The number of aryl methyl sites for hydroxylation is 1. The molecule has 61 heavy (non-hydrogen) atoms. The van der Waals surface area contributed by atoms with Gasteiger partial charge in [0.05, 0.1) is 37.5 Å². The number of carbonyl (C=O) groups is 1. The van der Waals surface area contributed by atoms with Crippen molar-refractivity contribution in [2.45, 2.75) is 122 Å². The van der Waals surface area contributed by atoms with E-state index in [9.17, 15) is 15.0 Å². The Morgan fingerprint density at radius 3 is 2.51 bits per heavy atom. The van der Waals surface area contributed by atoms with Crippen molar-refractivity contribution in [3.05, 3.63) is 107 Å². The molecule has 1 aliphatic heterocycles. The number of benzene rings is 2. The first kappa shape index (κ1) is 45.8. The fourth-order valence-electron chi connectivity index (χ4n) is 9.52. The van der Waals surface area contributed by atoms with Gasteiger partial charge in [-0.25, -0.2) is 0 Å². The van der Waals surface area contributed by atoms with Crippen LogP contribution >= 0.6 is 0 Å². The van der Waals surface area contributed by atoms with Crippen LogP contribution in [0.2, 0.25) is 0 Å². The van der Waals surface area contributed by atoms with Gasteiger partial charge in [0.15, 0.2) is 0 Å². The number of fused-ring (bicyclic) bond motifs is 2. The summed E-state index contributed by atoms with van der Waals surface area (Å²) in [5.41, 5.74) is 4.82. The van der Waals surface area contributed by atoms with Gasteiger partial charge in [0.1, 0.15) is 35.5 Å². The van der Waals surface area contributed by atoms with Crippen molar-refractivity contribution in [2.75, 3.05) is 33.5 Å². The largest absolute Gasteiger partial charge is 0.497 e. The Bertz CT molecular complexity index is 2010. The number of pyridine rings is 1. The molecule has 3 aromatic rings. The molecule has 11 nitrogen and oxygen atoms in total. The maximum absolute atomic E-state index is 14.9. The lowest BCUT2D eigenvalue weighted by Crippen LogP contribution is -2.70. The molecule has 11 heteroatoms. The van der Waals surface area contributed by atoms with Crippen molar-refractivity contribution < 1.29 is 38.8 Å². The van der Waals surface area contributed by atoms with E-state index in [1.54, 1.807) is 13.2 Å². The molecule has 2 heterocycles. The molecule has 6 rings (SSSR count). The molecular weight excluding hydrogens is 771 g/mol. The van der Waals surface area contributed by atoms with Crippen LogP contribution in [-0.2, 0) is 27.4 Å². The number of methoxy groups -OCH3 is 1. The summed E-state index contributed by atoms with van der Waals surface area (Å²) in [5.74, 6) is 0.321. The number of aromatic nitrogens is 1. The van der Waals surface area contributed by atoms with Gasteiger partial charge in [-0.2, -0.15) is 0 Å². The summed E-state index contributed by atoms with van der Waals surface area (Å²) in [6, 6.07) is 19.0. The second-order valence-corrected chi connectivity index (χ2v) is 17.7. The van der Waals surface area contributed by atoms with Crippen molar-refractivity contribution in [3.8, 4) is 17.2 Å². The van der Waals surface area contributed by atoms with E-state index in [4.69, 9.17) is 28.9 Å². The summed E-state index contributed by atoms with van der Waals surface area (Å²) < 4.78 is 26.5. The third-order valence-electron chi connectivity index (χ3n) is 12.1. The number of oxime groups is 1. The molecule has 3 aliphatic rings. The summed E-state index contributed by atoms with van der Waals surface area (Å²) in [6.45, 7) is 15.3. The van der Waals surface area contributed by atoms with Crippen LogP contribution in [0.1, 0.15) is 107 Å². The minimum absolute atomic E-state index is 0.0539. The lowest BCUT2D eigenvalue weighted by atomic mass is 9.55. The fraction of sp³-hybridized carbons (Fsp3) is 0.540. The number of hydrogen-bond donors (Lipinski definition) is 2. The van der Waals surface area contributed by atoms with Crippen molar-refractivity contribution in [1.29, 1.82) is 0 Å². The zero-order chi connectivity index (χ0) is 43.6. The standard InChI is InChI=1S/C50H67N3O8/c1-8-24-53(46(56)29-35-17-15-20-38(28-35)57-7)45-32-43(52-61-49(4,5)6)41-30-36(18-10-12-25-54)40(21-11-13-26-55)47-42-31-39(58-33-37-19-14-16-34(3)51-37)22-23-44(42)60-50(45,48(41)47)59-27-9-2/h9,14-17,19-20,22-23,28,30-31,36,40,45,47-48,54-55H,2,8,10-13,18,21,24-27,29,32-33H2,1,3-7H3. The molecule has 1 aromatic heterocycles. The molecule has 0 bridgehead atoms. The molecule has 2 aliphatic carbocycles. The number of carbonyl (C=O) groups excluding carboxylic acids is 1. The number of ether oxygens (including phenoxy) is 4. The molecule has 0 spiro atoms. The zero-order valence-electron chi connectivity index (χ0n) is 37.1. The van der Waals surface area contributed by atoms with Crippen LogP contribution in [0, 0.1) is 24.7 Å². The number of allylic oxidation sites excluding steroid dienone is 1. The minimum Gasteiger partial charge on any atom is -0.497 e. The van der Waals surface area contributed by atoms with E-state index in [-0.39, 0.29) is 49.9 Å². The van der Waals surface area contributed by atoms with E-state index in [0.717, 1.165) is 59.5 Å². The second kappa shape index (κ2) is 20.9. The number of rotatable bonds is 21. The molecule has 2 N–H and O–H groups in total. The summed E-state index contributed by atoms with van der Waals surface area (Å²) in [4.78, 5) is 27.8. The summed E-state index contributed by atoms with van der Waals surface area (Å²) in [7, 11) is 1.63. The van der Waals surface area contributed by atoms with Gasteiger partial charge in [-0.05, 0) is 125 Å². The maximum Gasteiger partial charge on any atom is 0.239 e. The van der Waals surface area contributed by atoms with E-state index in [1.165, 1.54) is 0 Å². The molecule has 1 saturated carbocycles. The lowest BCUT2D eigenvalue weighted by Gasteiger charge is -2.60. The van der Waals surface area contributed by atoms with Crippen LogP contribution in [0.25, 0.3) is 0 Å². The van der Waals surface area contributed by atoms with Crippen LogP contribution in [-0.4, -0.2) is 82.6 Å². The Morgan fingerprint density at radius 2 is 1.80 bits per heavy atom. The van der Waals surface area contributed by atoms with Crippen LogP contribution in [0.5, 0.6) is 17.2 Å². The average molecular weight is 838 g/mol. The first-order chi connectivity index (χ1) is 29.4. The Balaban J connectivity index is 1.56. The third kappa shape index (κ3) is 10.9. The summed E-state index contributed by atoms with van der Waals surface area (Å²) >= 11 is 0. The first-order valence-electron chi connectivity index (χ1n) is 22.2. The Hall–Kier alpha value is -4.71. The predicted octanol–water partition coefficient (Wildman–Crippen LogP) is 8.89.